The molecule has 0 spiro atoms. The van der Waals surface area contributed by atoms with E-state index in [1.54, 1.807) is 0 Å². The number of nitrogens with zero attached hydrogens (tertiary/aromatic N) is 1. The summed E-state index contributed by atoms with van der Waals surface area (Å²) in [4.78, 5) is 15.3. The SMILES string of the molecule is CC(C)(N)CN1CCC[C@@H]1C(=O)NC1C2CC3CC(C2)CC1C3. The van der Waals surface area contributed by atoms with Gasteiger partial charge in [-0.05, 0) is 89.0 Å². The Bertz CT molecular complexity index is 442. The van der Waals surface area contributed by atoms with Crippen LogP contribution in [0.15, 0.2) is 0 Å². The topological polar surface area (TPSA) is 58.4 Å². The van der Waals surface area contributed by atoms with Gasteiger partial charge in [-0.3, -0.25) is 9.69 Å². The van der Waals surface area contributed by atoms with E-state index < -0.39 is 0 Å². The van der Waals surface area contributed by atoms with Gasteiger partial charge in [-0.2, -0.15) is 0 Å². The van der Waals surface area contributed by atoms with Crippen LogP contribution in [0.4, 0.5) is 0 Å². The highest BCUT2D eigenvalue weighted by atomic mass is 16.2. The minimum Gasteiger partial charge on any atom is -0.351 e. The van der Waals surface area contributed by atoms with Crippen molar-refractivity contribution in [3.05, 3.63) is 0 Å². The van der Waals surface area contributed by atoms with E-state index >= 15 is 0 Å². The van der Waals surface area contributed by atoms with Crippen molar-refractivity contribution in [3.8, 4) is 0 Å². The third-order valence-corrected chi connectivity index (χ3v) is 6.81. The van der Waals surface area contributed by atoms with Crippen LogP contribution in [-0.2, 0) is 4.79 Å². The maximum Gasteiger partial charge on any atom is 0.237 e. The molecule has 4 aliphatic carbocycles. The van der Waals surface area contributed by atoms with E-state index in [4.69, 9.17) is 5.73 Å². The van der Waals surface area contributed by atoms with Crippen molar-refractivity contribution < 1.29 is 4.79 Å². The van der Waals surface area contributed by atoms with Gasteiger partial charge in [-0.25, -0.2) is 0 Å². The Kier molecular flexibility index (Phi) is 3.96. The molecule has 4 nitrogen and oxygen atoms in total. The van der Waals surface area contributed by atoms with E-state index in [1.165, 1.54) is 32.1 Å². The van der Waals surface area contributed by atoms with Gasteiger partial charge in [0.1, 0.15) is 0 Å². The number of amides is 1. The molecule has 4 heteroatoms. The molecule has 0 aromatic rings. The minimum atomic E-state index is -0.231. The fraction of sp³-hybridized carbons (Fsp3) is 0.947. The van der Waals surface area contributed by atoms with Crippen LogP contribution in [0.3, 0.4) is 0 Å². The Morgan fingerprint density at radius 2 is 1.74 bits per heavy atom. The molecule has 5 aliphatic rings. The summed E-state index contributed by atoms with van der Waals surface area (Å²) in [5, 5.41) is 3.50. The van der Waals surface area contributed by atoms with Crippen molar-refractivity contribution in [2.24, 2.45) is 29.4 Å². The molecule has 1 atom stereocenters. The molecule has 1 amide bonds. The lowest BCUT2D eigenvalue weighted by Crippen LogP contribution is -2.59. The van der Waals surface area contributed by atoms with Gasteiger partial charge in [0, 0.05) is 18.1 Å². The number of likely N-dealkylation sites (tertiary alicyclic amines) is 1. The molecule has 4 bridgehead atoms. The largest absolute Gasteiger partial charge is 0.351 e. The second-order valence-corrected chi connectivity index (χ2v) is 9.58. The van der Waals surface area contributed by atoms with Crippen LogP contribution in [0.2, 0.25) is 0 Å². The molecule has 4 saturated carbocycles. The van der Waals surface area contributed by atoms with Crippen LogP contribution in [-0.4, -0.2) is 41.5 Å². The Labute approximate surface area is 140 Å². The van der Waals surface area contributed by atoms with E-state index in [2.05, 4.69) is 24.1 Å². The van der Waals surface area contributed by atoms with E-state index in [9.17, 15) is 4.79 Å². The molecule has 5 fully saturated rings. The molecule has 1 saturated heterocycles. The Balaban J connectivity index is 1.40. The van der Waals surface area contributed by atoms with E-state index in [0.717, 1.165) is 49.6 Å². The van der Waals surface area contributed by atoms with Crippen molar-refractivity contribution in [1.29, 1.82) is 0 Å². The monoisotopic (exact) mass is 319 g/mol. The van der Waals surface area contributed by atoms with Gasteiger partial charge in [-0.1, -0.05) is 0 Å². The van der Waals surface area contributed by atoms with Gasteiger partial charge < -0.3 is 11.1 Å². The highest BCUT2D eigenvalue weighted by molar-refractivity contribution is 5.82. The van der Waals surface area contributed by atoms with Crippen molar-refractivity contribution in [2.45, 2.75) is 76.4 Å². The molecule has 1 heterocycles. The first-order chi connectivity index (χ1) is 10.9. The molecule has 0 unspecified atom stereocenters. The van der Waals surface area contributed by atoms with Crippen molar-refractivity contribution >= 4 is 5.91 Å². The molecule has 0 aromatic heterocycles. The number of carbonyl (C=O) groups excluding carboxylic acids is 1. The van der Waals surface area contributed by atoms with Gasteiger partial charge in [0.25, 0.3) is 0 Å². The maximum absolute atomic E-state index is 12.9. The summed E-state index contributed by atoms with van der Waals surface area (Å²) < 4.78 is 0. The highest BCUT2D eigenvalue weighted by Crippen LogP contribution is 2.53. The summed E-state index contributed by atoms with van der Waals surface area (Å²) in [6, 6.07) is 0.513. The molecule has 1 aliphatic heterocycles. The number of hydrogen-bond donors (Lipinski definition) is 2. The average molecular weight is 319 g/mol. The summed E-state index contributed by atoms with van der Waals surface area (Å²) in [6.07, 6.45) is 9.04. The number of nitrogens with two attached hydrogens (primary N) is 1. The molecular weight excluding hydrogens is 286 g/mol. The normalized spacial score (nSPS) is 43.1. The predicted octanol–water partition coefficient (Wildman–Crippen LogP) is 2.13. The van der Waals surface area contributed by atoms with Crippen LogP contribution in [0, 0.1) is 23.7 Å². The second kappa shape index (κ2) is 5.73. The highest BCUT2D eigenvalue weighted by Gasteiger charge is 2.49. The first-order valence-electron chi connectivity index (χ1n) is 9.72. The summed E-state index contributed by atoms with van der Waals surface area (Å²) >= 11 is 0. The molecule has 0 aromatic carbocycles. The number of hydrogen-bond acceptors (Lipinski definition) is 3. The lowest BCUT2D eigenvalue weighted by molar-refractivity contribution is -0.129. The Morgan fingerprint density at radius 3 is 2.30 bits per heavy atom. The van der Waals surface area contributed by atoms with Gasteiger partial charge in [0.05, 0.1) is 6.04 Å². The fourth-order valence-electron chi connectivity index (χ4n) is 6.26. The van der Waals surface area contributed by atoms with Crippen LogP contribution in [0.25, 0.3) is 0 Å². The zero-order chi connectivity index (χ0) is 16.2. The van der Waals surface area contributed by atoms with Gasteiger partial charge >= 0.3 is 0 Å². The zero-order valence-corrected chi connectivity index (χ0v) is 14.8. The summed E-state index contributed by atoms with van der Waals surface area (Å²) in [6.45, 7) is 5.93. The third-order valence-electron chi connectivity index (χ3n) is 6.81. The standard InChI is InChI=1S/C19H33N3O/c1-19(2,20)11-22-5-3-4-16(22)18(23)21-17-14-7-12-6-13(9-14)10-15(17)8-12/h12-17H,3-11,20H2,1-2H3,(H,21,23)/t12?,13?,14?,15?,16-,17?/m1/s1. The number of rotatable bonds is 4. The minimum absolute atomic E-state index is 0.0509. The van der Waals surface area contributed by atoms with Crippen LogP contribution < -0.4 is 11.1 Å². The molecule has 130 valence electrons. The molecule has 0 radical (unpaired) electrons. The third kappa shape index (κ3) is 3.17. The van der Waals surface area contributed by atoms with Crippen molar-refractivity contribution in [3.63, 3.8) is 0 Å². The van der Waals surface area contributed by atoms with Crippen LogP contribution in [0.5, 0.6) is 0 Å². The molecular formula is C19H33N3O. The number of carbonyl (C=O) groups is 1. The predicted molar refractivity (Wildman–Crippen MR) is 91.8 cm³/mol. The summed E-state index contributed by atoms with van der Waals surface area (Å²) in [5.74, 6) is 3.73. The average Bonchev–Trinajstić information content (AvgIpc) is 2.87. The smallest absolute Gasteiger partial charge is 0.237 e. The van der Waals surface area contributed by atoms with Gasteiger partial charge in [0.15, 0.2) is 0 Å². The maximum atomic E-state index is 12.9. The lowest BCUT2D eigenvalue weighted by Gasteiger charge is -2.54. The quantitative estimate of drug-likeness (QED) is 0.834. The summed E-state index contributed by atoms with van der Waals surface area (Å²) in [5.41, 5.74) is 5.95. The Hall–Kier alpha value is -0.610. The summed E-state index contributed by atoms with van der Waals surface area (Å²) in [7, 11) is 0. The van der Waals surface area contributed by atoms with Crippen molar-refractivity contribution in [2.75, 3.05) is 13.1 Å². The van der Waals surface area contributed by atoms with Gasteiger partial charge in [0.2, 0.25) is 5.91 Å². The number of nitrogens with one attached hydrogen (secondary N) is 1. The zero-order valence-electron chi connectivity index (χ0n) is 14.8. The Morgan fingerprint density at radius 1 is 1.13 bits per heavy atom. The van der Waals surface area contributed by atoms with Crippen molar-refractivity contribution in [1.82, 2.24) is 10.2 Å². The van der Waals surface area contributed by atoms with Gasteiger partial charge in [-0.15, -0.1) is 0 Å². The van der Waals surface area contributed by atoms with Crippen LogP contribution >= 0.6 is 0 Å². The lowest BCUT2D eigenvalue weighted by atomic mass is 9.54. The molecule has 5 rings (SSSR count). The second-order valence-electron chi connectivity index (χ2n) is 9.58. The van der Waals surface area contributed by atoms with E-state index in [-0.39, 0.29) is 17.5 Å². The van der Waals surface area contributed by atoms with E-state index in [0.29, 0.717) is 6.04 Å². The van der Waals surface area contributed by atoms with Crippen LogP contribution in [0.1, 0.15) is 58.8 Å². The molecule has 23 heavy (non-hydrogen) atoms. The first-order valence-corrected chi connectivity index (χ1v) is 9.72. The fourth-order valence-corrected chi connectivity index (χ4v) is 6.26. The van der Waals surface area contributed by atoms with E-state index in [1.807, 2.05) is 0 Å². The molecule has 3 N–H and O–H groups in total. The first kappa shape index (κ1) is 15.9.